The van der Waals surface area contributed by atoms with Gasteiger partial charge in [-0.2, -0.15) is 0 Å². The van der Waals surface area contributed by atoms with Crippen LogP contribution in [0.1, 0.15) is 32.3 Å². The summed E-state index contributed by atoms with van der Waals surface area (Å²) in [5, 5.41) is 0. The van der Waals surface area contributed by atoms with Crippen LogP contribution in [0.4, 0.5) is 0 Å². The molecule has 0 aromatic heterocycles. The van der Waals surface area contributed by atoms with Crippen LogP contribution in [0.25, 0.3) is 0 Å². The predicted molar refractivity (Wildman–Crippen MR) is 62.6 cm³/mol. The smallest absolute Gasteiger partial charge is 0.164 e. The van der Waals surface area contributed by atoms with Crippen molar-refractivity contribution in [1.82, 2.24) is 0 Å². The molecule has 0 aliphatic carbocycles. The third kappa shape index (κ3) is 2.88. The minimum absolute atomic E-state index is 0.201. The lowest BCUT2D eigenvalue weighted by atomic mass is 10.0. The fraction of sp³-hybridized carbons (Fsp3) is 0.462. The summed E-state index contributed by atoms with van der Waals surface area (Å²) in [6.45, 7) is 11.3. The molecule has 0 saturated carbocycles. The standard InChI is InChI=1S/C13H19O2/c1-5-14-12-9-7-8-11(10(3)4)13(12)15-6-2/h7-10H,3,5-6H2,1-2,4H3. The Morgan fingerprint density at radius 1 is 1.20 bits per heavy atom. The predicted octanol–water partition coefficient (Wildman–Crippen LogP) is 3.42. The van der Waals surface area contributed by atoms with Crippen LogP contribution >= 0.6 is 0 Å². The summed E-state index contributed by atoms with van der Waals surface area (Å²) < 4.78 is 11.1. The number of hydrogen-bond acceptors (Lipinski definition) is 2. The second-order valence-electron chi connectivity index (χ2n) is 3.44. The maximum absolute atomic E-state index is 5.62. The molecule has 0 N–H and O–H groups in total. The molecule has 1 rings (SSSR count). The van der Waals surface area contributed by atoms with E-state index in [-0.39, 0.29) is 5.92 Å². The van der Waals surface area contributed by atoms with Gasteiger partial charge in [0.05, 0.1) is 13.2 Å². The van der Waals surface area contributed by atoms with Gasteiger partial charge in [-0.05, 0) is 32.8 Å². The zero-order valence-corrected chi connectivity index (χ0v) is 9.75. The van der Waals surface area contributed by atoms with Crippen LogP contribution in [0.5, 0.6) is 11.5 Å². The Bertz CT molecular complexity index is 305. The van der Waals surface area contributed by atoms with Crippen molar-refractivity contribution in [3.63, 3.8) is 0 Å². The quantitative estimate of drug-likeness (QED) is 0.736. The van der Waals surface area contributed by atoms with Crippen LogP contribution in [-0.2, 0) is 0 Å². The minimum atomic E-state index is 0.201. The molecule has 0 fully saturated rings. The molecule has 1 aromatic carbocycles. The normalized spacial score (nSPS) is 10.5. The van der Waals surface area contributed by atoms with Gasteiger partial charge in [0.25, 0.3) is 0 Å². The van der Waals surface area contributed by atoms with E-state index in [1.807, 2.05) is 39.0 Å². The fourth-order valence-corrected chi connectivity index (χ4v) is 1.49. The molecule has 0 spiro atoms. The second kappa shape index (κ2) is 5.64. The molecule has 1 aromatic rings. The first-order valence-electron chi connectivity index (χ1n) is 5.42. The van der Waals surface area contributed by atoms with E-state index in [1.165, 1.54) is 0 Å². The molecule has 0 aliphatic heterocycles. The molecule has 0 aliphatic rings. The number of benzene rings is 1. The maximum Gasteiger partial charge on any atom is 0.164 e. The summed E-state index contributed by atoms with van der Waals surface area (Å²) >= 11 is 0. The van der Waals surface area contributed by atoms with Gasteiger partial charge in [0.1, 0.15) is 0 Å². The van der Waals surface area contributed by atoms with Crippen molar-refractivity contribution in [1.29, 1.82) is 0 Å². The topological polar surface area (TPSA) is 18.5 Å². The van der Waals surface area contributed by atoms with E-state index in [1.54, 1.807) is 0 Å². The third-order valence-electron chi connectivity index (χ3n) is 2.13. The van der Waals surface area contributed by atoms with Crippen LogP contribution in [0.15, 0.2) is 18.2 Å². The lowest BCUT2D eigenvalue weighted by Gasteiger charge is -2.16. The summed E-state index contributed by atoms with van der Waals surface area (Å²) in [4.78, 5) is 0. The Kier molecular flexibility index (Phi) is 4.47. The van der Waals surface area contributed by atoms with Crippen LogP contribution in [0.3, 0.4) is 0 Å². The van der Waals surface area contributed by atoms with Gasteiger partial charge in [-0.1, -0.05) is 19.1 Å². The molecular formula is C13H19O2. The van der Waals surface area contributed by atoms with E-state index in [0.717, 1.165) is 17.1 Å². The van der Waals surface area contributed by atoms with Crippen molar-refractivity contribution >= 4 is 0 Å². The Morgan fingerprint density at radius 2 is 1.87 bits per heavy atom. The summed E-state index contributed by atoms with van der Waals surface area (Å²) in [6, 6.07) is 5.94. The van der Waals surface area contributed by atoms with E-state index in [2.05, 4.69) is 6.92 Å². The molecule has 0 amide bonds. The molecule has 1 unspecified atom stereocenters. The largest absolute Gasteiger partial charge is 0.490 e. The Balaban J connectivity index is 3.09. The summed E-state index contributed by atoms with van der Waals surface area (Å²) in [6.07, 6.45) is 0. The Morgan fingerprint density at radius 3 is 2.40 bits per heavy atom. The highest BCUT2D eigenvalue weighted by Gasteiger charge is 2.12. The van der Waals surface area contributed by atoms with Gasteiger partial charge in [-0.3, -0.25) is 0 Å². The average Bonchev–Trinajstić information content (AvgIpc) is 2.21. The molecule has 1 radical (unpaired) electrons. The summed E-state index contributed by atoms with van der Waals surface area (Å²) in [5.74, 6) is 1.85. The molecule has 2 nitrogen and oxygen atoms in total. The van der Waals surface area contributed by atoms with E-state index in [9.17, 15) is 0 Å². The Hall–Kier alpha value is -1.18. The van der Waals surface area contributed by atoms with Crippen LogP contribution in [0, 0.1) is 6.92 Å². The molecule has 83 valence electrons. The molecule has 1 atom stereocenters. The lowest BCUT2D eigenvalue weighted by Crippen LogP contribution is -2.02. The van der Waals surface area contributed by atoms with Crippen LogP contribution in [-0.4, -0.2) is 13.2 Å². The van der Waals surface area contributed by atoms with E-state index < -0.39 is 0 Å². The van der Waals surface area contributed by atoms with Crippen molar-refractivity contribution < 1.29 is 9.47 Å². The highest BCUT2D eigenvalue weighted by molar-refractivity contribution is 5.48. The number of ether oxygens (including phenoxy) is 2. The zero-order valence-electron chi connectivity index (χ0n) is 9.75. The molecule has 0 saturated heterocycles. The SMILES string of the molecule is [CH2]C(C)c1cccc(OCC)c1OCC. The lowest BCUT2D eigenvalue weighted by molar-refractivity contribution is 0.285. The van der Waals surface area contributed by atoms with Gasteiger partial charge in [0, 0.05) is 5.56 Å². The van der Waals surface area contributed by atoms with Crippen molar-refractivity contribution in [2.45, 2.75) is 26.7 Å². The van der Waals surface area contributed by atoms with E-state index in [4.69, 9.17) is 9.47 Å². The third-order valence-corrected chi connectivity index (χ3v) is 2.13. The Labute approximate surface area is 92.2 Å². The van der Waals surface area contributed by atoms with Gasteiger partial charge in [0.15, 0.2) is 11.5 Å². The minimum Gasteiger partial charge on any atom is -0.490 e. The van der Waals surface area contributed by atoms with Crippen molar-refractivity contribution in [2.24, 2.45) is 0 Å². The highest BCUT2D eigenvalue weighted by Crippen LogP contribution is 2.35. The number of hydrogen-bond donors (Lipinski definition) is 0. The van der Waals surface area contributed by atoms with Gasteiger partial charge in [0.2, 0.25) is 0 Å². The van der Waals surface area contributed by atoms with Crippen molar-refractivity contribution in [2.75, 3.05) is 13.2 Å². The molecule has 0 bridgehead atoms. The number of para-hydroxylation sites is 1. The number of rotatable bonds is 5. The first-order valence-corrected chi connectivity index (χ1v) is 5.42. The summed E-state index contributed by atoms with van der Waals surface area (Å²) in [5.41, 5.74) is 1.10. The van der Waals surface area contributed by atoms with Crippen LogP contribution in [0.2, 0.25) is 0 Å². The first-order chi connectivity index (χ1) is 7.20. The molecule has 15 heavy (non-hydrogen) atoms. The molecule has 2 heteroatoms. The van der Waals surface area contributed by atoms with Crippen LogP contribution < -0.4 is 9.47 Å². The monoisotopic (exact) mass is 207 g/mol. The second-order valence-corrected chi connectivity index (χ2v) is 3.44. The zero-order chi connectivity index (χ0) is 11.3. The van der Waals surface area contributed by atoms with Gasteiger partial charge >= 0.3 is 0 Å². The van der Waals surface area contributed by atoms with E-state index >= 15 is 0 Å². The van der Waals surface area contributed by atoms with Crippen molar-refractivity contribution in [3.05, 3.63) is 30.7 Å². The highest BCUT2D eigenvalue weighted by atomic mass is 16.5. The van der Waals surface area contributed by atoms with Crippen molar-refractivity contribution in [3.8, 4) is 11.5 Å². The summed E-state index contributed by atoms with van der Waals surface area (Å²) in [7, 11) is 0. The first kappa shape index (κ1) is 11.9. The van der Waals surface area contributed by atoms with Gasteiger partial charge < -0.3 is 9.47 Å². The molecule has 0 heterocycles. The maximum atomic E-state index is 5.62. The van der Waals surface area contributed by atoms with Gasteiger partial charge in [-0.15, -0.1) is 0 Å². The fourth-order valence-electron chi connectivity index (χ4n) is 1.49. The average molecular weight is 207 g/mol. The van der Waals surface area contributed by atoms with Gasteiger partial charge in [-0.25, -0.2) is 0 Å². The van der Waals surface area contributed by atoms with E-state index in [0.29, 0.717) is 13.2 Å². The molecular weight excluding hydrogens is 188 g/mol.